The molecule has 2 aliphatic rings. The van der Waals surface area contributed by atoms with Crippen LogP contribution in [0, 0.1) is 16.0 Å². The van der Waals surface area contributed by atoms with Crippen molar-refractivity contribution in [3.63, 3.8) is 0 Å². The first-order valence-corrected chi connectivity index (χ1v) is 14.9. The predicted octanol–water partition coefficient (Wildman–Crippen LogP) is 5.56. The zero-order chi connectivity index (χ0) is 29.7. The number of thiazole rings is 1. The number of imide groups is 1. The van der Waals surface area contributed by atoms with Gasteiger partial charge in [0.05, 0.1) is 21.6 Å². The smallest absolute Gasteiger partial charge is 0.308 e. The Bertz CT molecular complexity index is 1810. The average molecular weight is 642 g/mol. The van der Waals surface area contributed by atoms with E-state index in [2.05, 4.69) is 5.32 Å². The maximum atomic E-state index is 13.9. The van der Waals surface area contributed by atoms with Crippen molar-refractivity contribution < 1.29 is 19.3 Å². The molecule has 3 aromatic carbocycles. The molecule has 1 N–H and O–H groups in total. The molecule has 0 unspecified atom stereocenters. The highest BCUT2D eigenvalue weighted by Crippen LogP contribution is 2.54. The molecule has 1 fully saturated rings. The molecule has 2 aliphatic heterocycles. The highest BCUT2D eigenvalue weighted by atomic mass is 35.5. The van der Waals surface area contributed by atoms with Crippen LogP contribution in [-0.2, 0) is 20.9 Å². The van der Waals surface area contributed by atoms with Gasteiger partial charge in [-0.15, -0.1) is 0 Å². The molecule has 0 aliphatic carbocycles. The van der Waals surface area contributed by atoms with Gasteiger partial charge < -0.3 is 5.32 Å². The van der Waals surface area contributed by atoms with Crippen molar-refractivity contribution in [3.05, 3.63) is 113 Å². The zero-order valence-corrected chi connectivity index (χ0v) is 24.4. The van der Waals surface area contributed by atoms with Gasteiger partial charge in [-0.3, -0.25) is 33.9 Å². The Hall–Kier alpha value is -3.97. The minimum absolute atomic E-state index is 0.174. The third-order valence-electron chi connectivity index (χ3n) is 7.03. The van der Waals surface area contributed by atoms with Crippen molar-refractivity contribution in [2.45, 2.75) is 22.7 Å². The fraction of sp³-hybridized carbons (Fsp3) is 0.143. The van der Waals surface area contributed by atoms with Crippen LogP contribution >= 0.6 is 46.3 Å². The molecule has 0 spiro atoms. The van der Waals surface area contributed by atoms with Crippen LogP contribution in [0.1, 0.15) is 16.4 Å². The van der Waals surface area contributed by atoms with Crippen molar-refractivity contribution in [2.24, 2.45) is 5.92 Å². The quantitative estimate of drug-likeness (QED) is 0.166. The van der Waals surface area contributed by atoms with Gasteiger partial charge in [0.15, 0.2) is 0 Å². The lowest BCUT2D eigenvalue weighted by Gasteiger charge is -2.30. The summed E-state index contributed by atoms with van der Waals surface area (Å²) in [4.78, 5) is 65.6. The molecule has 4 aromatic rings. The Kier molecular flexibility index (Phi) is 7.39. The third kappa shape index (κ3) is 5.00. The molecule has 14 heteroatoms. The van der Waals surface area contributed by atoms with Gasteiger partial charge in [0.2, 0.25) is 17.7 Å². The van der Waals surface area contributed by atoms with E-state index in [9.17, 15) is 29.3 Å². The summed E-state index contributed by atoms with van der Waals surface area (Å²) in [7, 11) is 0. The molecule has 3 amide bonds. The Morgan fingerprint density at radius 1 is 0.905 bits per heavy atom. The van der Waals surface area contributed by atoms with Crippen LogP contribution in [0.15, 0.2) is 82.6 Å². The number of non-ortho nitro benzene ring substituents is 1. The number of hydrogen-bond acceptors (Lipinski definition) is 8. The molecule has 6 rings (SSSR count). The number of hydrogen-bond donors (Lipinski definition) is 1. The Labute approximate surface area is 256 Å². The van der Waals surface area contributed by atoms with Gasteiger partial charge in [-0.1, -0.05) is 58.4 Å². The lowest BCUT2D eigenvalue weighted by Crippen LogP contribution is -2.33. The van der Waals surface area contributed by atoms with Crippen LogP contribution in [0.2, 0.25) is 10.0 Å². The van der Waals surface area contributed by atoms with Gasteiger partial charge in [0.1, 0.15) is 11.8 Å². The van der Waals surface area contributed by atoms with Gasteiger partial charge in [-0.25, -0.2) is 4.90 Å². The number of nitro benzene ring substituents is 1. The number of anilines is 2. The summed E-state index contributed by atoms with van der Waals surface area (Å²) in [5.74, 6) is -2.97. The molecule has 0 saturated carbocycles. The van der Waals surface area contributed by atoms with E-state index in [4.69, 9.17) is 23.2 Å². The first-order chi connectivity index (χ1) is 20.1. The van der Waals surface area contributed by atoms with E-state index >= 15 is 0 Å². The number of halogens is 2. The van der Waals surface area contributed by atoms with Crippen LogP contribution in [0.5, 0.6) is 0 Å². The first kappa shape index (κ1) is 28.2. The number of rotatable bonds is 6. The molecular formula is C28H18Cl2N4O6S2. The molecule has 3 heterocycles. The van der Waals surface area contributed by atoms with E-state index in [1.54, 1.807) is 48.5 Å². The number of nitrogens with one attached hydrogen (secondary N) is 1. The largest absolute Gasteiger partial charge is 0.325 e. The molecule has 42 heavy (non-hydrogen) atoms. The number of benzene rings is 3. The molecule has 1 saturated heterocycles. The summed E-state index contributed by atoms with van der Waals surface area (Å²) in [6.45, 7) is -0.306. The maximum Gasteiger partial charge on any atom is 0.308 e. The highest BCUT2D eigenvalue weighted by Gasteiger charge is 2.56. The topological polar surface area (TPSA) is 132 Å². The lowest BCUT2D eigenvalue weighted by atomic mass is 9.83. The number of nitrogens with zero attached hydrogens (tertiary/aromatic N) is 3. The van der Waals surface area contributed by atoms with E-state index in [0.29, 0.717) is 31.2 Å². The number of fused-ring (bicyclic) bond motifs is 2. The van der Waals surface area contributed by atoms with Crippen molar-refractivity contribution in [1.82, 2.24) is 4.57 Å². The van der Waals surface area contributed by atoms with Crippen molar-refractivity contribution in [3.8, 4) is 0 Å². The summed E-state index contributed by atoms with van der Waals surface area (Å²) in [5.41, 5.74) is 1.22. The average Bonchev–Trinajstić information content (AvgIpc) is 3.41. The highest BCUT2D eigenvalue weighted by molar-refractivity contribution is 8.00. The fourth-order valence-corrected chi connectivity index (χ4v) is 8.16. The summed E-state index contributed by atoms with van der Waals surface area (Å²) < 4.78 is 1.32. The molecule has 0 bridgehead atoms. The number of carbonyl (C=O) groups excluding carboxylic acids is 3. The standard InChI is InChI=1S/C28H18Cl2N4O6S2/c29-15-3-1-14(2-4-15)21-22-23(26(37)33(25(22)36)18-9-11-19(12-10-18)34(39)40)41-27-24(21)42-28(38)32(27)13-20(35)31-17-7-5-16(30)6-8-17/h1-12,21-23H,13H2,(H,31,35)/t21-,22+,23-/m0/s1. The van der Waals surface area contributed by atoms with Gasteiger partial charge in [0.25, 0.3) is 5.69 Å². The van der Waals surface area contributed by atoms with E-state index in [1.807, 2.05) is 0 Å². The predicted molar refractivity (Wildman–Crippen MR) is 161 cm³/mol. The molecule has 1 aromatic heterocycles. The normalized spacial score (nSPS) is 19.4. The van der Waals surface area contributed by atoms with Crippen LogP contribution in [0.25, 0.3) is 0 Å². The van der Waals surface area contributed by atoms with E-state index in [-0.39, 0.29) is 17.9 Å². The number of carbonyl (C=O) groups is 3. The van der Waals surface area contributed by atoms with Gasteiger partial charge >= 0.3 is 4.87 Å². The number of thioether (sulfide) groups is 1. The summed E-state index contributed by atoms with van der Waals surface area (Å²) in [5, 5.41) is 14.4. The van der Waals surface area contributed by atoms with Gasteiger partial charge in [0, 0.05) is 38.7 Å². The Balaban J connectivity index is 1.39. The van der Waals surface area contributed by atoms with Gasteiger partial charge in [-0.05, 0) is 54.1 Å². The SMILES string of the molecule is O=C(Cn1c2c(sc1=O)[C@@H](c1ccc(Cl)cc1)[C@H]1C(=O)N(c3ccc([N+](=O)[O-])cc3)C(=O)[C@H]1S2)Nc1ccc(Cl)cc1. The fourth-order valence-electron chi connectivity index (χ4n) is 5.14. The maximum absolute atomic E-state index is 13.9. The van der Waals surface area contributed by atoms with Crippen molar-refractivity contribution in [1.29, 1.82) is 0 Å². The third-order valence-corrected chi connectivity index (χ3v) is 10.1. The molecule has 10 nitrogen and oxygen atoms in total. The Morgan fingerprint density at radius 2 is 1.52 bits per heavy atom. The minimum atomic E-state index is -0.902. The second-order valence-corrected chi connectivity index (χ2v) is 12.6. The van der Waals surface area contributed by atoms with Crippen LogP contribution < -0.4 is 15.1 Å². The summed E-state index contributed by atoms with van der Waals surface area (Å²) in [6.07, 6.45) is 0. The molecule has 212 valence electrons. The second-order valence-electron chi connectivity index (χ2n) is 9.56. The lowest BCUT2D eigenvalue weighted by molar-refractivity contribution is -0.384. The monoisotopic (exact) mass is 640 g/mol. The van der Waals surface area contributed by atoms with Gasteiger partial charge in [-0.2, -0.15) is 0 Å². The van der Waals surface area contributed by atoms with Crippen molar-refractivity contribution >= 4 is 81.1 Å². The van der Waals surface area contributed by atoms with Crippen molar-refractivity contribution in [2.75, 3.05) is 10.2 Å². The Morgan fingerprint density at radius 3 is 2.14 bits per heavy atom. The van der Waals surface area contributed by atoms with E-state index in [1.165, 1.54) is 28.8 Å². The number of amides is 3. The number of nitro groups is 1. The summed E-state index contributed by atoms with van der Waals surface area (Å²) >= 11 is 14.1. The van der Waals surface area contributed by atoms with E-state index in [0.717, 1.165) is 28.0 Å². The zero-order valence-electron chi connectivity index (χ0n) is 21.2. The molecular weight excluding hydrogens is 623 g/mol. The van der Waals surface area contributed by atoms with Crippen LogP contribution in [0.4, 0.5) is 17.1 Å². The molecule has 3 atom stereocenters. The second kappa shape index (κ2) is 11.0. The minimum Gasteiger partial charge on any atom is -0.325 e. The van der Waals surface area contributed by atoms with Crippen LogP contribution in [0.3, 0.4) is 0 Å². The first-order valence-electron chi connectivity index (χ1n) is 12.5. The van der Waals surface area contributed by atoms with E-state index < -0.39 is 44.6 Å². The summed E-state index contributed by atoms with van der Waals surface area (Å²) in [6, 6.07) is 18.5. The van der Waals surface area contributed by atoms with Crippen LogP contribution in [-0.4, -0.2) is 32.5 Å². The molecule has 0 radical (unpaired) electrons. The number of aromatic nitrogens is 1.